The van der Waals surface area contributed by atoms with E-state index in [-0.39, 0.29) is 11.5 Å². The van der Waals surface area contributed by atoms with Crippen molar-refractivity contribution >= 4 is 17.8 Å². The van der Waals surface area contributed by atoms with Gasteiger partial charge in [-0.15, -0.1) is 0 Å². The molecule has 4 rings (SSSR count). The van der Waals surface area contributed by atoms with Crippen molar-refractivity contribution in [3.63, 3.8) is 0 Å². The highest BCUT2D eigenvalue weighted by Crippen LogP contribution is 2.35. The highest BCUT2D eigenvalue weighted by atomic mass is 16.5. The highest BCUT2D eigenvalue weighted by molar-refractivity contribution is 6.14. The van der Waals surface area contributed by atoms with E-state index in [9.17, 15) is 9.59 Å². The average Bonchev–Trinajstić information content (AvgIpc) is 3.03. The second-order valence-corrected chi connectivity index (χ2v) is 6.95. The van der Waals surface area contributed by atoms with Gasteiger partial charge in [-0.25, -0.2) is 4.79 Å². The summed E-state index contributed by atoms with van der Waals surface area (Å²) in [5.41, 5.74) is 4.11. The summed E-state index contributed by atoms with van der Waals surface area (Å²) in [6.07, 6.45) is 2.68. The first-order valence-electron chi connectivity index (χ1n) is 9.49. The van der Waals surface area contributed by atoms with Crippen LogP contribution in [0, 0.1) is 6.92 Å². The quantitative estimate of drug-likeness (QED) is 0.344. The number of esters is 1. The van der Waals surface area contributed by atoms with E-state index in [2.05, 4.69) is 6.92 Å². The highest BCUT2D eigenvalue weighted by Gasteiger charge is 2.28. The molecule has 144 valence electrons. The van der Waals surface area contributed by atoms with Crippen LogP contribution in [0.3, 0.4) is 0 Å². The summed E-state index contributed by atoms with van der Waals surface area (Å²) in [7, 11) is 0. The van der Waals surface area contributed by atoms with Crippen molar-refractivity contribution in [2.24, 2.45) is 0 Å². The number of hydrogen-bond donors (Lipinski definition) is 0. The van der Waals surface area contributed by atoms with Crippen molar-refractivity contribution in [3.05, 3.63) is 100 Å². The second-order valence-electron chi connectivity index (χ2n) is 6.95. The Morgan fingerprint density at radius 2 is 1.72 bits per heavy atom. The Labute approximate surface area is 169 Å². The number of ketones is 1. The number of rotatable bonds is 4. The van der Waals surface area contributed by atoms with Gasteiger partial charge >= 0.3 is 5.97 Å². The minimum atomic E-state index is -0.457. The van der Waals surface area contributed by atoms with E-state index in [1.165, 1.54) is 5.56 Å². The van der Waals surface area contributed by atoms with Gasteiger partial charge in [-0.2, -0.15) is 0 Å². The normalized spacial score (nSPS) is 13.9. The molecule has 0 amide bonds. The number of Topliss-reactive ketones (excluding diaryl/α,β-unsaturated/α-hetero) is 1. The molecule has 0 radical (unpaired) electrons. The van der Waals surface area contributed by atoms with Crippen LogP contribution in [0.25, 0.3) is 6.08 Å². The Morgan fingerprint density at radius 1 is 1.00 bits per heavy atom. The third-order valence-electron chi connectivity index (χ3n) is 4.82. The molecular weight excluding hydrogens is 364 g/mol. The lowest BCUT2D eigenvalue weighted by molar-refractivity contribution is 0.0734. The molecule has 3 aromatic rings. The minimum Gasteiger partial charge on any atom is -0.452 e. The Kier molecular flexibility index (Phi) is 5.00. The third kappa shape index (κ3) is 3.97. The molecule has 0 aromatic heterocycles. The van der Waals surface area contributed by atoms with Gasteiger partial charge in [0.15, 0.2) is 5.76 Å². The molecular formula is C25H20O4. The van der Waals surface area contributed by atoms with Crippen molar-refractivity contribution in [3.8, 4) is 11.5 Å². The predicted octanol–water partition coefficient (Wildman–Crippen LogP) is 5.39. The molecule has 29 heavy (non-hydrogen) atoms. The van der Waals surface area contributed by atoms with Crippen molar-refractivity contribution in [1.29, 1.82) is 0 Å². The Morgan fingerprint density at radius 3 is 2.41 bits per heavy atom. The van der Waals surface area contributed by atoms with E-state index in [4.69, 9.17) is 9.47 Å². The zero-order valence-electron chi connectivity index (χ0n) is 16.3. The number of allylic oxidation sites excluding steroid dienone is 1. The SMILES string of the molecule is CCc1ccc(C=C2Oc3cc(OC(=O)c4ccc(C)cc4)ccc3C2=O)cc1. The molecule has 0 unspecified atom stereocenters. The van der Waals surface area contributed by atoms with E-state index in [1.54, 1.807) is 36.4 Å². The first-order valence-corrected chi connectivity index (χ1v) is 9.49. The van der Waals surface area contributed by atoms with Crippen LogP contribution in [0.4, 0.5) is 0 Å². The molecule has 0 fully saturated rings. The Hall–Kier alpha value is -3.66. The van der Waals surface area contributed by atoms with E-state index >= 15 is 0 Å². The predicted molar refractivity (Wildman–Crippen MR) is 111 cm³/mol. The molecule has 4 heteroatoms. The zero-order valence-corrected chi connectivity index (χ0v) is 16.3. The van der Waals surface area contributed by atoms with Crippen molar-refractivity contribution in [2.45, 2.75) is 20.3 Å². The number of hydrogen-bond acceptors (Lipinski definition) is 4. The maximum Gasteiger partial charge on any atom is 0.343 e. The van der Waals surface area contributed by atoms with E-state index < -0.39 is 5.97 Å². The summed E-state index contributed by atoms with van der Waals surface area (Å²) in [6.45, 7) is 4.05. The molecule has 3 aromatic carbocycles. The molecule has 1 aliphatic rings. The van der Waals surface area contributed by atoms with E-state index in [0.29, 0.717) is 22.6 Å². The van der Waals surface area contributed by atoms with Gasteiger partial charge in [0.1, 0.15) is 11.5 Å². The number of fused-ring (bicyclic) bond motifs is 1. The van der Waals surface area contributed by atoms with Gasteiger partial charge in [0, 0.05) is 6.07 Å². The van der Waals surface area contributed by atoms with Gasteiger partial charge in [0.05, 0.1) is 11.1 Å². The molecule has 1 heterocycles. The van der Waals surface area contributed by atoms with Gasteiger partial charge in [0.25, 0.3) is 0 Å². The van der Waals surface area contributed by atoms with Crippen molar-refractivity contribution < 1.29 is 19.1 Å². The van der Waals surface area contributed by atoms with Crippen LogP contribution >= 0.6 is 0 Å². The van der Waals surface area contributed by atoms with E-state index in [1.807, 2.05) is 43.3 Å². The lowest BCUT2D eigenvalue weighted by atomic mass is 10.1. The van der Waals surface area contributed by atoms with Crippen LogP contribution in [0.2, 0.25) is 0 Å². The molecule has 0 saturated carbocycles. The molecule has 0 aliphatic carbocycles. The average molecular weight is 384 g/mol. The first-order chi connectivity index (χ1) is 14.0. The smallest absolute Gasteiger partial charge is 0.343 e. The number of benzene rings is 3. The molecule has 0 saturated heterocycles. The Balaban J connectivity index is 1.52. The number of aryl methyl sites for hydroxylation is 2. The van der Waals surface area contributed by atoms with E-state index in [0.717, 1.165) is 17.5 Å². The number of carbonyl (C=O) groups excluding carboxylic acids is 2. The van der Waals surface area contributed by atoms with Crippen molar-refractivity contribution in [1.82, 2.24) is 0 Å². The van der Waals surface area contributed by atoms with Crippen LogP contribution in [0.1, 0.15) is 44.3 Å². The molecule has 0 spiro atoms. The Bertz CT molecular complexity index is 1110. The summed E-state index contributed by atoms with van der Waals surface area (Å²) in [6, 6.07) is 19.9. The van der Waals surface area contributed by atoms with Gasteiger partial charge in [0.2, 0.25) is 5.78 Å². The van der Waals surface area contributed by atoms with Gasteiger partial charge < -0.3 is 9.47 Å². The van der Waals surface area contributed by atoms with Crippen molar-refractivity contribution in [2.75, 3.05) is 0 Å². The van der Waals surface area contributed by atoms with Crippen LogP contribution in [0.5, 0.6) is 11.5 Å². The minimum absolute atomic E-state index is 0.184. The lowest BCUT2D eigenvalue weighted by Gasteiger charge is -2.06. The number of ether oxygens (including phenoxy) is 2. The largest absolute Gasteiger partial charge is 0.452 e. The van der Waals surface area contributed by atoms with Crippen LogP contribution < -0.4 is 9.47 Å². The fraction of sp³-hybridized carbons (Fsp3) is 0.120. The summed E-state index contributed by atoms with van der Waals surface area (Å²) in [5, 5.41) is 0. The zero-order chi connectivity index (χ0) is 20.4. The summed E-state index contributed by atoms with van der Waals surface area (Å²) in [5.74, 6) is 0.333. The summed E-state index contributed by atoms with van der Waals surface area (Å²) < 4.78 is 11.2. The van der Waals surface area contributed by atoms with Crippen LogP contribution in [-0.2, 0) is 6.42 Å². The standard InChI is InChI=1S/C25H20O4/c1-3-17-6-8-18(9-7-17)14-23-24(26)21-13-12-20(15-22(21)29-23)28-25(27)19-10-4-16(2)5-11-19/h4-15H,3H2,1-2H3. The molecule has 1 aliphatic heterocycles. The fourth-order valence-electron chi connectivity index (χ4n) is 3.09. The first kappa shape index (κ1) is 18.7. The molecule has 4 nitrogen and oxygen atoms in total. The molecule has 0 atom stereocenters. The molecule has 0 bridgehead atoms. The lowest BCUT2D eigenvalue weighted by Crippen LogP contribution is -2.08. The van der Waals surface area contributed by atoms with Gasteiger partial charge in [-0.1, -0.05) is 48.9 Å². The monoisotopic (exact) mass is 384 g/mol. The third-order valence-corrected chi connectivity index (χ3v) is 4.82. The second kappa shape index (κ2) is 7.76. The molecule has 0 N–H and O–H groups in total. The maximum atomic E-state index is 12.6. The fourth-order valence-corrected chi connectivity index (χ4v) is 3.09. The van der Waals surface area contributed by atoms with Gasteiger partial charge in [-0.3, -0.25) is 4.79 Å². The topological polar surface area (TPSA) is 52.6 Å². The summed E-state index contributed by atoms with van der Waals surface area (Å²) in [4.78, 5) is 24.9. The van der Waals surface area contributed by atoms with Crippen LogP contribution in [-0.4, -0.2) is 11.8 Å². The summed E-state index contributed by atoms with van der Waals surface area (Å²) >= 11 is 0. The number of carbonyl (C=O) groups is 2. The maximum absolute atomic E-state index is 12.6. The van der Waals surface area contributed by atoms with Gasteiger partial charge in [-0.05, 0) is 54.8 Å². The van der Waals surface area contributed by atoms with Crippen LogP contribution in [0.15, 0.2) is 72.5 Å².